The normalized spacial score (nSPS) is 14.1. The summed E-state index contributed by atoms with van der Waals surface area (Å²) >= 11 is 5.33. The Morgan fingerprint density at radius 2 is 1.45 bits per heavy atom. The quantitative estimate of drug-likeness (QED) is 0.375. The van der Waals surface area contributed by atoms with Crippen molar-refractivity contribution >= 4 is 32.6 Å². The molecular formula is C10H7ClF6N2O2S. The van der Waals surface area contributed by atoms with Crippen LogP contribution in [0.3, 0.4) is 0 Å². The van der Waals surface area contributed by atoms with Gasteiger partial charge in [-0.25, -0.2) is 8.42 Å². The van der Waals surface area contributed by atoms with Crippen LogP contribution in [0.2, 0.25) is 0 Å². The molecule has 1 rings (SSSR count). The lowest BCUT2D eigenvalue weighted by atomic mass is 10.1. The second-order valence-corrected chi connectivity index (χ2v) is 6.04. The molecule has 0 bridgehead atoms. The molecule has 1 N–H and O–H groups in total. The minimum absolute atomic E-state index is 0.0766. The van der Waals surface area contributed by atoms with Crippen LogP contribution >= 0.6 is 11.6 Å². The van der Waals surface area contributed by atoms with E-state index in [0.29, 0.717) is 18.4 Å². The number of sulfonamides is 1. The molecule has 0 saturated heterocycles. The predicted molar refractivity (Wildman–Crippen MR) is 68.2 cm³/mol. The molecule has 0 radical (unpaired) electrons. The Labute approximate surface area is 125 Å². The molecule has 0 spiro atoms. The number of amidine groups is 1. The van der Waals surface area contributed by atoms with E-state index in [0.717, 1.165) is 0 Å². The summed E-state index contributed by atoms with van der Waals surface area (Å²) in [6.07, 6.45) is -9.42. The second kappa shape index (κ2) is 5.95. The van der Waals surface area contributed by atoms with Crippen molar-refractivity contribution in [3.63, 3.8) is 0 Å². The molecule has 1 aromatic carbocycles. The summed E-state index contributed by atoms with van der Waals surface area (Å²) in [6.45, 7) is 0. The molecule has 0 fully saturated rings. The second-order valence-electron chi connectivity index (χ2n) is 4.03. The summed E-state index contributed by atoms with van der Waals surface area (Å²) in [7, 11) is -3.97. The van der Waals surface area contributed by atoms with Gasteiger partial charge in [0.2, 0.25) is 5.29 Å². The van der Waals surface area contributed by atoms with Gasteiger partial charge in [-0.2, -0.15) is 26.3 Å². The van der Waals surface area contributed by atoms with Crippen LogP contribution in [0.15, 0.2) is 22.6 Å². The van der Waals surface area contributed by atoms with Crippen LogP contribution in [0.25, 0.3) is 0 Å². The molecule has 0 amide bonds. The van der Waals surface area contributed by atoms with Gasteiger partial charge in [-0.3, -0.25) is 0 Å². The topological polar surface area (TPSA) is 58.5 Å². The molecule has 22 heavy (non-hydrogen) atoms. The largest absolute Gasteiger partial charge is 0.416 e. The van der Waals surface area contributed by atoms with Crippen molar-refractivity contribution in [1.82, 2.24) is 0 Å². The lowest BCUT2D eigenvalue weighted by molar-refractivity contribution is -0.143. The first-order valence-corrected chi connectivity index (χ1v) is 7.43. The van der Waals surface area contributed by atoms with Crippen LogP contribution in [0, 0.1) is 0 Å². The fraction of sp³-hybridized carbons (Fsp3) is 0.300. The van der Waals surface area contributed by atoms with Crippen LogP contribution in [0.1, 0.15) is 11.1 Å². The maximum absolute atomic E-state index is 12.6. The molecule has 4 nitrogen and oxygen atoms in total. The Morgan fingerprint density at radius 3 is 1.77 bits per heavy atom. The van der Waals surface area contributed by atoms with Gasteiger partial charge < -0.3 is 5.32 Å². The maximum Gasteiger partial charge on any atom is 0.416 e. The molecule has 0 unspecified atom stereocenters. The molecule has 0 heterocycles. The van der Waals surface area contributed by atoms with Crippen molar-refractivity contribution in [2.24, 2.45) is 4.40 Å². The molecule has 0 aliphatic carbocycles. The zero-order chi connectivity index (χ0) is 17.3. The zero-order valence-electron chi connectivity index (χ0n) is 10.5. The van der Waals surface area contributed by atoms with Crippen LogP contribution in [0.4, 0.5) is 32.0 Å². The SMILES string of the molecule is CS(=O)(=O)N=C(Cl)Nc1cc(C(F)(F)F)cc(C(F)(F)F)c1. The first-order valence-electron chi connectivity index (χ1n) is 5.20. The fourth-order valence-corrected chi connectivity index (χ4v) is 2.14. The third-order valence-corrected chi connectivity index (χ3v) is 2.87. The number of rotatable bonds is 2. The highest BCUT2D eigenvalue weighted by molar-refractivity contribution is 7.89. The van der Waals surface area contributed by atoms with Crippen molar-refractivity contribution in [3.8, 4) is 0 Å². The summed E-state index contributed by atoms with van der Waals surface area (Å²) in [6, 6.07) is 0.609. The average molecular weight is 369 g/mol. The van der Waals surface area contributed by atoms with Crippen LogP contribution in [-0.2, 0) is 22.4 Å². The number of hydrogen-bond acceptors (Lipinski definition) is 2. The summed E-state index contributed by atoms with van der Waals surface area (Å²) < 4.78 is 100. The monoisotopic (exact) mass is 368 g/mol. The van der Waals surface area contributed by atoms with Crippen LogP contribution in [-0.4, -0.2) is 20.0 Å². The van der Waals surface area contributed by atoms with Crippen molar-refractivity contribution in [3.05, 3.63) is 29.3 Å². The van der Waals surface area contributed by atoms with Gasteiger partial charge in [0.25, 0.3) is 10.0 Å². The van der Waals surface area contributed by atoms with E-state index >= 15 is 0 Å². The van der Waals surface area contributed by atoms with Gasteiger partial charge in [-0.1, -0.05) is 0 Å². The van der Waals surface area contributed by atoms with Gasteiger partial charge in [0.15, 0.2) is 0 Å². The average Bonchev–Trinajstić information content (AvgIpc) is 2.23. The molecule has 0 aromatic heterocycles. The summed E-state index contributed by atoms with van der Waals surface area (Å²) in [5.74, 6) is 0. The van der Waals surface area contributed by atoms with E-state index in [1.165, 1.54) is 0 Å². The fourth-order valence-electron chi connectivity index (χ4n) is 1.31. The van der Waals surface area contributed by atoms with Gasteiger partial charge in [-0.05, 0) is 29.8 Å². The van der Waals surface area contributed by atoms with Crippen molar-refractivity contribution in [2.75, 3.05) is 11.6 Å². The number of nitrogens with one attached hydrogen (secondary N) is 1. The van der Waals surface area contributed by atoms with Gasteiger partial charge in [-0.15, -0.1) is 4.40 Å². The number of anilines is 1. The van der Waals surface area contributed by atoms with Gasteiger partial charge in [0.05, 0.1) is 17.4 Å². The Kier molecular flexibility index (Phi) is 5.02. The van der Waals surface area contributed by atoms with E-state index in [4.69, 9.17) is 11.6 Å². The highest BCUT2D eigenvalue weighted by atomic mass is 35.5. The van der Waals surface area contributed by atoms with Gasteiger partial charge >= 0.3 is 12.4 Å². The van der Waals surface area contributed by atoms with E-state index in [1.807, 2.05) is 5.32 Å². The van der Waals surface area contributed by atoms with Crippen molar-refractivity contribution in [1.29, 1.82) is 0 Å². The number of alkyl halides is 6. The minimum atomic E-state index is -5.03. The highest BCUT2D eigenvalue weighted by Crippen LogP contribution is 2.37. The first kappa shape index (κ1) is 18.6. The van der Waals surface area contributed by atoms with Crippen molar-refractivity contribution in [2.45, 2.75) is 12.4 Å². The molecule has 124 valence electrons. The Morgan fingerprint density at radius 1 is 1.05 bits per heavy atom. The molecule has 0 atom stereocenters. The summed E-state index contributed by atoms with van der Waals surface area (Å²) in [5.41, 5.74) is -3.86. The van der Waals surface area contributed by atoms with E-state index in [1.54, 1.807) is 0 Å². The summed E-state index contributed by atoms with van der Waals surface area (Å²) in [5, 5.41) is 0.966. The van der Waals surface area contributed by atoms with Gasteiger partial charge in [0.1, 0.15) is 0 Å². The summed E-state index contributed by atoms with van der Waals surface area (Å²) in [4.78, 5) is 0. The minimum Gasteiger partial charge on any atom is -0.330 e. The molecule has 0 aliphatic rings. The highest BCUT2D eigenvalue weighted by Gasteiger charge is 2.37. The Hall–Kier alpha value is -1.49. The first-order chi connectivity index (χ1) is 9.68. The zero-order valence-corrected chi connectivity index (χ0v) is 12.1. The standard InChI is InChI=1S/C10H7ClF6N2O2S/c1-22(20,21)19-8(11)18-7-3-5(9(12,13)14)2-6(4-7)10(15,16)17/h2-4H,1H3,(H,18,19). The molecule has 0 saturated carbocycles. The third-order valence-electron chi connectivity index (χ3n) is 2.08. The molecule has 12 heteroatoms. The van der Waals surface area contributed by atoms with Gasteiger partial charge in [0, 0.05) is 5.69 Å². The maximum atomic E-state index is 12.6. The lowest BCUT2D eigenvalue weighted by Crippen LogP contribution is -2.14. The number of halogens is 7. The van der Waals surface area contributed by atoms with Crippen LogP contribution in [0.5, 0.6) is 0 Å². The Balaban J connectivity index is 3.34. The van der Waals surface area contributed by atoms with E-state index in [2.05, 4.69) is 4.40 Å². The van der Waals surface area contributed by atoms with Crippen molar-refractivity contribution < 1.29 is 34.8 Å². The number of hydrogen-bond donors (Lipinski definition) is 1. The number of nitrogens with zero attached hydrogens (tertiary/aromatic N) is 1. The van der Waals surface area contributed by atoms with Crippen LogP contribution < -0.4 is 5.32 Å². The number of benzene rings is 1. The molecular weight excluding hydrogens is 362 g/mol. The Bertz CT molecular complexity index is 664. The molecule has 1 aromatic rings. The third kappa shape index (κ3) is 5.72. The van der Waals surface area contributed by atoms with E-state index in [-0.39, 0.29) is 6.07 Å². The smallest absolute Gasteiger partial charge is 0.330 e. The van der Waals surface area contributed by atoms with E-state index < -0.39 is 44.5 Å². The molecule has 0 aliphatic heterocycles. The van der Waals surface area contributed by atoms with E-state index in [9.17, 15) is 34.8 Å². The predicted octanol–water partition coefficient (Wildman–Crippen LogP) is 3.69. The lowest BCUT2D eigenvalue weighted by Gasteiger charge is -2.14.